The van der Waals surface area contributed by atoms with Gasteiger partial charge in [0.25, 0.3) is 5.91 Å². The molecule has 0 spiro atoms. The fourth-order valence-electron chi connectivity index (χ4n) is 4.43. The highest BCUT2D eigenvalue weighted by molar-refractivity contribution is 5.96. The van der Waals surface area contributed by atoms with E-state index in [0.29, 0.717) is 24.5 Å². The third-order valence-corrected chi connectivity index (χ3v) is 5.96. The Morgan fingerprint density at radius 2 is 1.90 bits per heavy atom. The number of piperidine rings is 1. The number of aromatic amines is 1. The molecule has 2 aromatic carbocycles. The number of nitrogens with one attached hydrogen (secondary N) is 1. The first-order valence-electron chi connectivity index (χ1n) is 10.4. The van der Waals surface area contributed by atoms with Gasteiger partial charge in [-0.15, -0.1) is 0 Å². The number of H-pyrrole nitrogens is 1. The lowest BCUT2D eigenvalue weighted by Gasteiger charge is -2.38. The Morgan fingerprint density at radius 1 is 1.10 bits per heavy atom. The summed E-state index contributed by atoms with van der Waals surface area (Å²) in [6, 6.07) is 15.3. The molecule has 0 saturated carbocycles. The second kappa shape index (κ2) is 7.48. The SMILES string of the molecule is CC(=O)N1C[C@H](C(=O)N2CCC[C@@H](c3nc4ccccc4[nH]3)C2)Oc2ccccc21. The molecule has 2 atom stereocenters. The van der Waals surface area contributed by atoms with Crippen molar-refractivity contribution in [3.63, 3.8) is 0 Å². The van der Waals surface area contributed by atoms with E-state index < -0.39 is 6.10 Å². The molecule has 154 valence electrons. The summed E-state index contributed by atoms with van der Waals surface area (Å²) in [4.78, 5) is 37.1. The van der Waals surface area contributed by atoms with Crippen LogP contribution in [-0.4, -0.2) is 52.4 Å². The minimum absolute atomic E-state index is 0.0726. The van der Waals surface area contributed by atoms with Crippen molar-refractivity contribution in [1.29, 1.82) is 0 Å². The second-order valence-corrected chi connectivity index (χ2v) is 7.97. The number of hydrogen-bond acceptors (Lipinski definition) is 4. The number of ether oxygens (including phenoxy) is 1. The zero-order valence-corrected chi connectivity index (χ0v) is 16.9. The number of aromatic nitrogens is 2. The van der Waals surface area contributed by atoms with Crippen LogP contribution in [0.5, 0.6) is 5.75 Å². The van der Waals surface area contributed by atoms with Gasteiger partial charge in [0.05, 0.1) is 23.3 Å². The minimum atomic E-state index is -0.696. The van der Waals surface area contributed by atoms with Crippen molar-refractivity contribution in [2.24, 2.45) is 0 Å². The third-order valence-electron chi connectivity index (χ3n) is 5.96. The lowest BCUT2D eigenvalue weighted by atomic mass is 9.96. The van der Waals surface area contributed by atoms with E-state index in [2.05, 4.69) is 4.98 Å². The number of anilines is 1. The maximum Gasteiger partial charge on any atom is 0.265 e. The summed E-state index contributed by atoms with van der Waals surface area (Å²) in [5.41, 5.74) is 2.67. The Balaban J connectivity index is 1.35. The monoisotopic (exact) mass is 404 g/mol. The van der Waals surface area contributed by atoms with Crippen LogP contribution in [0.4, 0.5) is 5.69 Å². The number of rotatable bonds is 2. The Bertz CT molecular complexity index is 1080. The number of carbonyl (C=O) groups is 2. The van der Waals surface area contributed by atoms with E-state index >= 15 is 0 Å². The van der Waals surface area contributed by atoms with Gasteiger partial charge in [0, 0.05) is 25.9 Å². The quantitative estimate of drug-likeness (QED) is 0.712. The van der Waals surface area contributed by atoms with Crippen molar-refractivity contribution in [3.05, 3.63) is 54.4 Å². The van der Waals surface area contributed by atoms with Crippen LogP contribution in [0.2, 0.25) is 0 Å². The first-order chi connectivity index (χ1) is 14.6. The molecule has 2 aliphatic rings. The predicted molar refractivity (Wildman–Crippen MR) is 114 cm³/mol. The molecule has 3 heterocycles. The number of amides is 2. The highest BCUT2D eigenvalue weighted by atomic mass is 16.5. The van der Waals surface area contributed by atoms with Gasteiger partial charge in [0.15, 0.2) is 6.10 Å². The Hall–Kier alpha value is -3.35. The second-order valence-electron chi connectivity index (χ2n) is 7.97. The normalized spacial score (nSPS) is 21.2. The lowest BCUT2D eigenvalue weighted by molar-refractivity contribution is -0.140. The van der Waals surface area contributed by atoms with Gasteiger partial charge in [0.1, 0.15) is 11.6 Å². The van der Waals surface area contributed by atoms with Gasteiger partial charge >= 0.3 is 0 Å². The van der Waals surface area contributed by atoms with Crippen molar-refractivity contribution < 1.29 is 14.3 Å². The Labute approximate surface area is 174 Å². The number of carbonyl (C=O) groups excluding carboxylic acids is 2. The maximum absolute atomic E-state index is 13.3. The molecule has 0 radical (unpaired) electrons. The molecule has 2 aliphatic heterocycles. The lowest BCUT2D eigenvalue weighted by Crippen LogP contribution is -2.53. The first kappa shape index (κ1) is 18.7. The topological polar surface area (TPSA) is 78.5 Å². The van der Waals surface area contributed by atoms with Gasteiger partial charge < -0.3 is 19.5 Å². The van der Waals surface area contributed by atoms with E-state index in [0.717, 1.165) is 29.7 Å². The number of hydrogen-bond donors (Lipinski definition) is 1. The van der Waals surface area contributed by atoms with Crippen LogP contribution in [0.15, 0.2) is 48.5 Å². The number of para-hydroxylation sites is 4. The molecule has 1 N–H and O–H groups in total. The van der Waals surface area contributed by atoms with Crippen molar-refractivity contribution in [1.82, 2.24) is 14.9 Å². The number of likely N-dealkylation sites (tertiary alicyclic amines) is 1. The fraction of sp³-hybridized carbons (Fsp3) is 0.348. The van der Waals surface area contributed by atoms with E-state index in [-0.39, 0.29) is 24.3 Å². The number of imidazole rings is 1. The largest absolute Gasteiger partial charge is 0.476 e. The molecule has 5 rings (SSSR count). The molecular weight excluding hydrogens is 380 g/mol. The maximum atomic E-state index is 13.3. The summed E-state index contributed by atoms with van der Waals surface area (Å²) >= 11 is 0. The molecule has 7 nitrogen and oxygen atoms in total. The zero-order chi connectivity index (χ0) is 20.7. The molecule has 3 aromatic rings. The average molecular weight is 404 g/mol. The van der Waals surface area contributed by atoms with Crippen LogP contribution in [0.3, 0.4) is 0 Å². The summed E-state index contributed by atoms with van der Waals surface area (Å²) in [6.45, 7) is 3.04. The summed E-state index contributed by atoms with van der Waals surface area (Å²) < 4.78 is 6.01. The minimum Gasteiger partial charge on any atom is -0.476 e. The fourth-order valence-corrected chi connectivity index (χ4v) is 4.43. The molecule has 7 heteroatoms. The zero-order valence-electron chi connectivity index (χ0n) is 16.9. The van der Waals surface area contributed by atoms with Gasteiger partial charge in [-0.05, 0) is 37.1 Å². The van der Waals surface area contributed by atoms with Crippen molar-refractivity contribution >= 4 is 28.5 Å². The molecule has 2 amide bonds. The van der Waals surface area contributed by atoms with Crippen LogP contribution in [0, 0.1) is 0 Å². The van der Waals surface area contributed by atoms with E-state index in [9.17, 15) is 9.59 Å². The Kier molecular flexibility index (Phi) is 4.65. The van der Waals surface area contributed by atoms with Gasteiger partial charge in [-0.3, -0.25) is 9.59 Å². The van der Waals surface area contributed by atoms with Crippen LogP contribution >= 0.6 is 0 Å². The van der Waals surface area contributed by atoms with Gasteiger partial charge in [-0.1, -0.05) is 24.3 Å². The molecular formula is C23H24N4O3. The van der Waals surface area contributed by atoms with Crippen LogP contribution < -0.4 is 9.64 Å². The van der Waals surface area contributed by atoms with Crippen molar-refractivity contribution in [3.8, 4) is 5.75 Å². The summed E-state index contributed by atoms with van der Waals surface area (Å²) in [5.74, 6) is 1.49. The van der Waals surface area contributed by atoms with E-state index in [4.69, 9.17) is 9.72 Å². The predicted octanol–water partition coefficient (Wildman–Crippen LogP) is 3.08. The van der Waals surface area contributed by atoms with E-state index in [1.54, 1.807) is 11.0 Å². The molecule has 30 heavy (non-hydrogen) atoms. The summed E-state index contributed by atoms with van der Waals surface area (Å²) in [6.07, 6.45) is 1.20. The highest BCUT2D eigenvalue weighted by Crippen LogP contribution is 2.34. The van der Waals surface area contributed by atoms with Crippen molar-refractivity contribution in [2.45, 2.75) is 31.8 Å². The molecule has 1 aromatic heterocycles. The molecule has 0 aliphatic carbocycles. The standard InChI is InChI=1S/C23H24N4O3/c1-15(28)27-14-21(30-20-11-5-4-10-19(20)27)23(29)26-12-6-7-16(13-26)22-24-17-8-2-3-9-18(17)25-22/h2-5,8-11,16,21H,6-7,12-14H2,1H3,(H,24,25)/t16-,21-/m1/s1. The average Bonchev–Trinajstić information content (AvgIpc) is 3.22. The molecule has 1 fully saturated rings. The van der Waals surface area contributed by atoms with Gasteiger partial charge in [-0.25, -0.2) is 4.98 Å². The Morgan fingerprint density at radius 3 is 2.73 bits per heavy atom. The van der Waals surface area contributed by atoms with Crippen LogP contribution in [0.25, 0.3) is 11.0 Å². The van der Waals surface area contributed by atoms with Crippen LogP contribution in [0.1, 0.15) is 31.5 Å². The summed E-state index contributed by atoms with van der Waals surface area (Å²) in [5, 5.41) is 0. The molecule has 0 bridgehead atoms. The van der Waals surface area contributed by atoms with Crippen molar-refractivity contribution in [2.75, 3.05) is 24.5 Å². The van der Waals surface area contributed by atoms with Gasteiger partial charge in [-0.2, -0.15) is 0 Å². The molecule has 1 saturated heterocycles. The smallest absolute Gasteiger partial charge is 0.265 e. The van der Waals surface area contributed by atoms with E-state index in [1.165, 1.54) is 6.92 Å². The summed E-state index contributed by atoms with van der Waals surface area (Å²) in [7, 11) is 0. The number of nitrogens with zero attached hydrogens (tertiary/aromatic N) is 3. The highest BCUT2D eigenvalue weighted by Gasteiger charge is 2.37. The van der Waals surface area contributed by atoms with Gasteiger partial charge in [0.2, 0.25) is 5.91 Å². The molecule has 0 unspecified atom stereocenters. The third kappa shape index (κ3) is 3.30. The number of fused-ring (bicyclic) bond motifs is 2. The number of benzene rings is 2. The van der Waals surface area contributed by atoms with E-state index in [1.807, 2.05) is 47.4 Å². The van der Waals surface area contributed by atoms with Crippen LogP contribution in [-0.2, 0) is 9.59 Å². The first-order valence-corrected chi connectivity index (χ1v) is 10.4.